The van der Waals surface area contributed by atoms with Gasteiger partial charge in [0.25, 0.3) is 0 Å². The Morgan fingerprint density at radius 3 is 2.79 bits per heavy atom. The summed E-state index contributed by atoms with van der Waals surface area (Å²) in [7, 11) is 0. The average molecular weight is 217 g/mol. The molecule has 1 saturated carbocycles. The van der Waals surface area contributed by atoms with E-state index < -0.39 is 0 Å². The molecule has 3 unspecified atom stereocenters. The van der Waals surface area contributed by atoms with Crippen LogP contribution in [0, 0.1) is 5.92 Å². The second-order valence-electron chi connectivity index (χ2n) is 4.42. The molecule has 2 nitrogen and oxygen atoms in total. The fourth-order valence-corrected chi connectivity index (χ4v) is 3.21. The monoisotopic (exact) mass is 217 g/mol. The third kappa shape index (κ3) is 4.20. The van der Waals surface area contributed by atoms with Crippen LogP contribution in [0.25, 0.3) is 0 Å². The highest BCUT2D eigenvalue weighted by atomic mass is 32.2. The standard InChI is InChI=1S/C11H23NOS/c1-9(7-12)8-14-11-6-4-2-3-5-10(11)13/h9-11,13H,2-8,12H2,1H3. The molecular weight excluding hydrogens is 194 g/mol. The summed E-state index contributed by atoms with van der Waals surface area (Å²) in [6.45, 7) is 2.94. The predicted octanol–water partition coefficient (Wildman–Crippen LogP) is 2.01. The topological polar surface area (TPSA) is 46.2 Å². The number of hydrogen-bond acceptors (Lipinski definition) is 3. The lowest BCUT2D eigenvalue weighted by Gasteiger charge is -2.21. The molecule has 1 rings (SSSR count). The first kappa shape index (κ1) is 12.3. The van der Waals surface area contributed by atoms with Crippen LogP contribution in [0.2, 0.25) is 0 Å². The third-order valence-corrected chi connectivity index (χ3v) is 4.65. The molecule has 0 heterocycles. The number of hydrogen-bond donors (Lipinski definition) is 2. The Kier molecular flexibility index (Phi) is 5.90. The van der Waals surface area contributed by atoms with Gasteiger partial charge in [-0.1, -0.05) is 26.2 Å². The first-order chi connectivity index (χ1) is 6.74. The lowest BCUT2D eigenvalue weighted by molar-refractivity contribution is 0.163. The van der Waals surface area contributed by atoms with Crippen molar-refractivity contribution in [1.82, 2.24) is 0 Å². The van der Waals surface area contributed by atoms with Gasteiger partial charge in [-0.2, -0.15) is 11.8 Å². The van der Waals surface area contributed by atoms with Gasteiger partial charge < -0.3 is 10.8 Å². The highest BCUT2D eigenvalue weighted by molar-refractivity contribution is 7.99. The second kappa shape index (κ2) is 6.70. The molecule has 0 aromatic heterocycles. The normalized spacial score (nSPS) is 31.1. The first-order valence-corrected chi connectivity index (χ1v) is 6.78. The Morgan fingerprint density at radius 2 is 2.07 bits per heavy atom. The summed E-state index contributed by atoms with van der Waals surface area (Å²) in [5.41, 5.74) is 5.58. The van der Waals surface area contributed by atoms with Crippen molar-refractivity contribution in [2.24, 2.45) is 11.7 Å². The van der Waals surface area contributed by atoms with Crippen LogP contribution >= 0.6 is 11.8 Å². The minimum Gasteiger partial charge on any atom is -0.392 e. The van der Waals surface area contributed by atoms with Crippen LogP contribution in [0.15, 0.2) is 0 Å². The number of nitrogens with two attached hydrogens (primary N) is 1. The summed E-state index contributed by atoms with van der Waals surface area (Å²) in [4.78, 5) is 0. The second-order valence-corrected chi connectivity index (χ2v) is 5.69. The SMILES string of the molecule is CC(CN)CSC1CCCCCC1O. The van der Waals surface area contributed by atoms with E-state index in [4.69, 9.17) is 5.73 Å². The number of aliphatic hydroxyl groups excluding tert-OH is 1. The Balaban J connectivity index is 2.26. The quantitative estimate of drug-likeness (QED) is 0.708. The van der Waals surface area contributed by atoms with Crippen molar-refractivity contribution < 1.29 is 5.11 Å². The molecule has 1 aliphatic carbocycles. The number of thioether (sulfide) groups is 1. The van der Waals surface area contributed by atoms with Gasteiger partial charge in [-0.05, 0) is 31.1 Å². The van der Waals surface area contributed by atoms with Crippen LogP contribution in [-0.2, 0) is 0 Å². The fourth-order valence-electron chi connectivity index (χ4n) is 1.80. The van der Waals surface area contributed by atoms with E-state index in [1.165, 1.54) is 25.7 Å². The van der Waals surface area contributed by atoms with Gasteiger partial charge in [0.2, 0.25) is 0 Å². The van der Waals surface area contributed by atoms with Crippen molar-refractivity contribution in [2.45, 2.75) is 50.4 Å². The molecule has 84 valence electrons. The molecule has 1 aliphatic rings. The van der Waals surface area contributed by atoms with Gasteiger partial charge >= 0.3 is 0 Å². The van der Waals surface area contributed by atoms with Gasteiger partial charge in [0.1, 0.15) is 0 Å². The molecule has 0 spiro atoms. The van der Waals surface area contributed by atoms with E-state index in [0.717, 1.165) is 18.7 Å². The molecule has 0 radical (unpaired) electrons. The van der Waals surface area contributed by atoms with Crippen molar-refractivity contribution in [3.05, 3.63) is 0 Å². The Morgan fingerprint density at radius 1 is 1.36 bits per heavy atom. The van der Waals surface area contributed by atoms with Crippen molar-refractivity contribution in [3.63, 3.8) is 0 Å². The molecule has 0 aliphatic heterocycles. The summed E-state index contributed by atoms with van der Waals surface area (Å²) < 4.78 is 0. The maximum atomic E-state index is 9.88. The maximum Gasteiger partial charge on any atom is 0.0658 e. The zero-order valence-corrected chi connectivity index (χ0v) is 9.93. The average Bonchev–Trinajstić information content (AvgIpc) is 2.39. The van der Waals surface area contributed by atoms with Crippen molar-refractivity contribution >= 4 is 11.8 Å². The Bertz CT molecular complexity index is 154. The molecule has 3 N–H and O–H groups in total. The fraction of sp³-hybridized carbons (Fsp3) is 1.00. The smallest absolute Gasteiger partial charge is 0.0658 e. The van der Waals surface area contributed by atoms with E-state index in [1.807, 2.05) is 11.8 Å². The molecular formula is C11H23NOS. The lowest BCUT2D eigenvalue weighted by atomic mass is 10.1. The molecule has 3 atom stereocenters. The molecule has 0 bridgehead atoms. The van der Waals surface area contributed by atoms with Crippen molar-refractivity contribution in [1.29, 1.82) is 0 Å². The van der Waals surface area contributed by atoms with Gasteiger partial charge in [0.15, 0.2) is 0 Å². The third-order valence-electron chi connectivity index (χ3n) is 2.91. The van der Waals surface area contributed by atoms with E-state index in [2.05, 4.69) is 6.92 Å². The van der Waals surface area contributed by atoms with Gasteiger partial charge in [0.05, 0.1) is 6.10 Å². The van der Waals surface area contributed by atoms with Crippen LogP contribution in [0.4, 0.5) is 0 Å². The zero-order chi connectivity index (χ0) is 10.4. The van der Waals surface area contributed by atoms with E-state index in [9.17, 15) is 5.11 Å². The van der Waals surface area contributed by atoms with Crippen LogP contribution < -0.4 is 5.73 Å². The van der Waals surface area contributed by atoms with Gasteiger partial charge in [-0.25, -0.2) is 0 Å². The van der Waals surface area contributed by atoms with Crippen LogP contribution in [0.5, 0.6) is 0 Å². The van der Waals surface area contributed by atoms with Gasteiger partial charge in [-0.15, -0.1) is 0 Å². The molecule has 3 heteroatoms. The van der Waals surface area contributed by atoms with Crippen LogP contribution in [-0.4, -0.2) is 28.8 Å². The summed E-state index contributed by atoms with van der Waals surface area (Å²) in [5.74, 6) is 1.67. The lowest BCUT2D eigenvalue weighted by Crippen LogP contribution is -2.23. The van der Waals surface area contributed by atoms with Gasteiger partial charge in [0, 0.05) is 5.25 Å². The molecule has 0 amide bonds. The minimum absolute atomic E-state index is 0.0764. The molecule has 0 aromatic carbocycles. The van der Waals surface area contributed by atoms with E-state index >= 15 is 0 Å². The van der Waals surface area contributed by atoms with Crippen molar-refractivity contribution in [3.8, 4) is 0 Å². The Labute approximate surface area is 91.6 Å². The molecule has 0 saturated heterocycles. The highest BCUT2D eigenvalue weighted by Crippen LogP contribution is 2.28. The zero-order valence-electron chi connectivity index (χ0n) is 9.11. The summed E-state index contributed by atoms with van der Waals surface area (Å²) in [6.07, 6.45) is 5.88. The molecule has 1 fully saturated rings. The van der Waals surface area contributed by atoms with E-state index in [-0.39, 0.29) is 6.10 Å². The maximum absolute atomic E-state index is 9.88. The largest absolute Gasteiger partial charge is 0.392 e. The van der Waals surface area contributed by atoms with Crippen LogP contribution in [0.1, 0.15) is 39.0 Å². The van der Waals surface area contributed by atoms with E-state index in [0.29, 0.717) is 11.2 Å². The minimum atomic E-state index is -0.0764. The van der Waals surface area contributed by atoms with Gasteiger partial charge in [-0.3, -0.25) is 0 Å². The summed E-state index contributed by atoms with van der Waals surface area (Å²) >= 11 is 1.92. The predicted molar refractivity (Wildman–Crippen MR) is 63.6 cm³/mol. The summed E-state index contributed by atoms with van der Waals surface area (Å²) in [5, 5.41) is 10.3. The number of rotatable bonds is 4. The van der Waals surface area contributed by atoms with E-state index in [1.54, 1.807) is 0 Å². The van der Waals surface area contributed by atoms with Crippen LogP contribution in [0.3, 0.4) is 0 Å². The Hall–Kier alpha value is 0.270. The highest BCUT2D eigenvalue weighted by Gasteiger charge is 2.22. The van der Waals surface area contributed by atoms with Crippen molar-refractivity contribution in [2.75, 3.05) is 12.3 Å². The first-order valence-electron chi connectivity index (χ1n) is 5.73. The molecule has 0 aromatic rings. The molecule has 14 heavy (non-hydrogen) atoms. The number of aliphatic hydroxyl groups is 1. The summed E-state index contributed by atoms with van der Waals surface area (Å²) in [6, 6.07) is 0.